The maximum Gasteiger partial charge on any atom is 0.416 e. The molecule has 3 aromatic rings. The van der Waals surface area contributed by atoms with Crippen molar-refractivity contribution in [1.82, 2.24) is 4.90 Å². The molecule has 1 heterocycles. The first-order chi connectivity index (χ1) is 16.2. The Bertz CT molecular complexity index is 1250. The van der Waals surface area contributed by atoms with Crippen LogP contribution in [0, 0.1) is 0 Å². The van der Waals surface area contributed by atoms with Gasteiger partial charge in [-0.3, -0.25) is 9.59 Å². The van der Waals surface area contributed by atoms with Gasteiger partial charge < -0.3 is 10.0 Å². The van der Waals surface area contributed by atoms with Gasteiger partial charge in [0, 0.05) is 12.1 Å². The first-order valence-electron chi connectivity index (χ1n) is 10.8. The number of hydrogen-bond donors (Lipinski definition) is 1. The Kier molecular flexibility index (Phi) is 6.28. The molecule has 1 N–H and O–H groups in total. The summed E-state index contributed by atoms with van der Waals surface area (Å²) in [5.74, 6) is -2.07. The molecule has 1 amide bonds. The van der Waals surface area contributed by atoms with Crippen molar-refractivity contribution >= 4 is 17.4 Å². The van der Waals surface area contributed by atoms with Gasteiger partial charge >= 0.3 is 6.18 Å². The molecule has 1 unspecified atom stereocenters. The number of hydrogen-bond acceptors (Lipinski definition) is 3. The molecule has 4 nitrogen and oxygen atoms in total. The zero-order chi connectivity index (χ0) is 24.5. The highest BCUT2D eigenvalue weighted by Gasteiger charge is 2.46. The van der Waals surface area contributed by atoms with Crippen molar-refractivity contribution in [3.8, 4) is 0 Å². The molecular formula is C27H22F3NO3. The minimum Gasteiger partial charge on any atom is -0.507 e. The fourth-order valence-corrected chi connectivity index (χ4v) is 4.12. The Balaban J connectivity index is 1.81. The number of aliphatic hydroxyl groups is 1. The van der Waals surface area contributed by atoms with E-state index in [-0.39, 0.29) is 23.4 Å². The largest absolute Gasteiger partial charge is 0.507 e. The van der Waals surface area contributed by atoms with Gasteiger partial charge in [-0.1, -0.05) is 73.7 Å². The van der Waals surface area contributed by atoms with E-state index in [0.717, 1.165) is 24.1 Å². The number of benzene rings is 3. The molecule has 4 rings (SSSR count). The number of aryl methyl sites for hydroxylation is 1. The molecule has 0 aliphatic carbocycles. The van der Waals surface area contributed by atoms with Crippen molar-refractivity contribution in [2.75, 3.05) is 0 Å². The molecule has 1 fully saturated rings. The maximum absolute atomic E-state index is 13.2. The van der Waals surface area contributed by atoms with E-state index in [4.69, 9.17) is 0 Å². The van der Waals surface area contributed by atoms with Gasteiger partial charge in [-0.2, -0.15) is 13.2 Å². The van der Waals surface area contributed by atoms with Crippen LogP contribution in [-0.2, 0) is 28.7 Å². The van der Waals surface area contributed by atoms with Gasteiger partial charge in [-0.05, 0) is 35.2 Å². The quantitative estimate of drug-likeness (QED) is 0.290. The minimum absolute atomic E-state index is 0.0903. The van der Waals surface area contributed by atoms with Crippen molar-refractivity contribution in [2.45, 2.75) is 32.1 Å². The van der Waals surface area contributed by atoms with Crippen LogP contribution in [0.1, 0.15) is 40.8 Å². The predicted octanol–water partition coefficient (Wildman–Crippen LogP) is 5.89. The number of alkyl halides is 3. The first-order valence-corrected chi connectivity index (χ1v) is 10.8. The van der Waals surface area contributed by atoms with E-state index in [9.17, 15) is 27.9 Å². The number of likely N-dealkylation sites (tertiary alicyclic amines) is 1. The van der Waals surface area contributed by atoms with Crippen LogP contribution in [0.5, 0.6) is 0 Å². The second-order valence-corrected chi connectivity index (χ2v) is 8.09. The summed E-state index contributed by atoms with van der Waals surface area (Å²) in [5, 5.41) is 11.1. The molecule has 1 aliphatic heterocycles. The fraction of sp³-hybridized carbons (Fsp3) is 0.185. The zero-order valence-corrected chi connectivity index (χ0v) is 18.3. The van der Waals surface area contributed by atoms with Gasteiger partial charge in [0.2, 0.25) is 0 Å². The predicted molar refractivity (Wildman–Crippen MR) is 122 cm³/mol. The molecule has 1 aliphatic rings. The summed E-state index contributed by atoms with van der Waals surface area (Å²) in [6, 6.07) is 19.4. The van der Waals surface area contributed by atoms with Gasteiger partial charge in [0.05, 0.1) is 17.2 Å². The monoisotopic (exact) mass is 465 g/mol. The van der Waals surface area contributed by atoms with E-state index in [0.29, 0.717) is 11.1 Å². The number of aliphatic hydroxyl groups excluding tert-OH is 1. The molecular weight excluding hydrogens is 443 g/mol. The van der Waals surface area contributed by atoms with Crippen LogP contribution in [0.4, 0.5) is 13.2 Å². The van der Waals surface area contributed by atoms with Crippen LogP contribution >= 0.6 is 0 Å². The highest BCUT2D eigenvalue weighted by atomic mass is 19.4. The number of ketones is 1. The molecule has 7 heteroatoms. The number of amides is 1. The Labute approximate surface area is 195 Å². The average Bonchev–Trinajstić information content (AvgIpc) is 3.09. The fourth-order valence-electron chi connectivity index (χ4n) is 4.12. The second-order valence-electron chi connectivity index (χ2n) is 8.09. The van der Waals surface area contributed by atoms with Gasteiger partial charge in [-0.25, -0.2) is 0 Å². The van der Waals surface area contributed by atoms with Crippen LogP contribution in [0.2, 0.25) is 0 Å². The topological polar surface area (TPSA) is 57.6 Å². The number of Topliss-reactive ketones (excluding diaryl/α,β-unsaturated/α-hetero) is 1. The van der Waals surface area contributed by atoms with Crippen molar-refractivity contribution in [3.63, 3.8) is 0 Å². The van der Waals surface area contributed by atoms with E-state index in [1.165, 1.54) is 17.0 Å². The summed E-state index contributed by atoms with van der Waals surface area (Å²) >= 11 is 0. The standard InChI is InChI=1S/C27H22F3NO3/c1-2-17-11-13-20(14-12-17)24(32)22-23(19-8-4-3-5-9-19)31(26(34)25(22)33)16-18-7-6-10-21(15-18)27(28,29)30/h3-15,23,32H,2,16H2,1H3/b24-22+. The summed E-state index contributed by atoms with van der Waals surface area (Å²) in [6.07, 6.45) is -3.74. The van der Waals surface area contributed by atoms with Crippen LogP contribution in [-0.4, -0.2) is 21.7 Å². The minimum atomic E-state index is -4.53. The Hall–Kier alpha value is -3.87. The van der Waals surface area contributed by atoms with Gasteiger partial charge in [-0.15, -0.1) is 0 Å². The Morgan fingerprint density at radius 2 is 1.59 bits per heavy atom. The molecule has 174 valence electrons. The molecule has 1 saturated heterocycles. The summed E-state index contributed by atoms with van der Waals surface area (Å²) in [6.45, 7) is 1.77. The van der Waals surface area contributed by atoms with Gasteiger partial charge in [0.15, 0.2) is 0 Å². The van der Waals surface area contributed by atoms with Crippen molar-refractivity contribution in [1.29, 1.82) is 0 Å². The van der Waals surface area contributed by atoms with Gasteiger partial charge in [0.25, 0.3) is 11.7 Å². The third kappa shape index (κ3) is 4.46. The van der Waals surface area contributed by atoms with Crippen LogP contribution in [0.15, 0.2) is 84.4 Å². The van der Waals surface area contributed by atoms with E-state index in [1.807, 2.05) is 19.1 Å². The number of halogens is 3. The molecule has 0 aromatic heterocycles. The SMILES string of the molecule is CCc1ccc(/C(O)=C2\C(=O)C(=O)N(Cc3cccc(C(F)(F)F)c3)C2c2ccccc2)cc1. The molecule has 0 bridgehead atoms. The smallest absolute Gasteiger partial charge is 0.416 e. The molecule has 1 atom stereocenters. The van der Waals surface area contributed by atoms with E-state index in [1.54, 1.807) is 42.5 Å². The highest BCUT2D eigenvalue weighted by molar-refractivity contribution is 6.46. The molecule has 34 heavy (non-hydrogen) atoms. The van der Waals surface area contributed by atoms with E-state index < -0.39 is 29.5 Å². The summed E-state index contributed by atoms with van der Waals surface area (Å²) < 4.78 is 39.6. The third-order valence-corrected chi connectivity index (χ3v) is 5.90. The lowest BCUT2D eigenvalue weighted by molar-refractivity contribution is -0.140. The van der Waals surface area contributed by atoms with E-state index in [2.05, 4.69) is 0 Å². The van der Waals surface area contributed by atoms with E-state index >= 15 is 0 Å². The lowest BCUT2D eigenvalue weighted by Crippen LogP contribution is -2.29. The second kappa shape index (κ2) is 9.17. The number of nitrogens with zero attached hydrogens (tertiary/aromatic N) is 1. The number of rotatable bonds is 5. The Morgan fingerprint density at radius 1 is 0.912 bits per heavy atom. The van der Waals surface area contributed by atoms with Crippen LogP contribution in [0.25, 0.3) is 5.76 Å². The van der Waals surface area contributed by atoms with Gasteiger partial charge in [0.1, 0.15) is 5.76 Å². The Morgan fingerprint density at radius 3 is 2.21 bits per heavy atom. The van der Waals surface area contributed by atoms with Crippen LogP contribution < -0.4 is 0 Å². The third-order valence-electron chi connectivity index (χ3n) is 5.90. The van der Waals surface area contributed by atoms with Crippen molar-refractivity contribution in [2.24, 2.45) is 0 Å². The maximum atomic E-state index is 13.2. The van der Waals surface area contributed by atoms with Crippen LogP contribution in [0.3, 0.4) is 0 Å². The van der Waals surface area contributed by atoms with Crippen molar-refractivity contribution in [3.05, 3.63) is 112 Å². The molecule has 0 spiro atoms. The first kappa shape index (κ1) is 23.3. The van der Waals surface area contributed by atoms with Crippen molar-refractivity contribution < 1.29 is 27.9 Å². The lowest BCUT2D eigenvalue weighted by Gasteiger charge is -2.25. The zero-order valence-electron chi connectivity index (χ0n) is 18.3. The molecule has 3 aromatic carbocycles. The lowest BCUT2D eigenvalue weighted by atomic mass is 9.94. The summed E-state index contributed by atoms with van der Waals surface area (Å²) in [7, 11) is 0. The normalized spacial score (nSPS) is 17.9. The number of carbonyl (C=O) groups excluding carboxylic acids is 2. The molecule has 0 saturated carbocycles. The summed E-state index contributed by atoms with van der Waals surface area (Å²) in [5.41, 5.74) is 1.29. The summed E-state index contributed by atoms with van der Waals surface area (Å²) in [4.78, 5) is 27.3. The highest BCUT2D eigenvalue weighted by Crippen LogP contribution is 2.40. The average molecular weight is 465 g/mol. The molecule has 0 radical (unpaired) electrons. The number of carbonyl (C=O) groups is 2.